The van der Waals surface area contributed by atoms with Gasteiger partial charge in [-0.25, -0.2) is 8.42 Å². The van der Waals surface area contributed by atoms with Crippen LogP contribution < -0.4 is 10.5 Å². The van der Waals surface area contributed by atoms with Gasteiger partial charge in [0.15, 0.2) is 0 Å². The molecule has 0 heterocycles. The van der Waals surface area contributed by atoms with E-state index >= 15 is 0 Å². The topological polar surface area (TPSA) is 89.7 Å². The van der Waals surface area contributed by atoms with E-state index in [1.54, 1.807) is 25.2 Å². The average molecular weight is 300 g/mol. The summed E-state index contributed by atoms with van der Waals surface area (Å²) in [5, 5.41) is 0. The minimum Gasteiger partial charge on any atom is -0.494 e. The van der Waals surface area contributed by atoms with Gasteiger partial charge in [-0.05, 0) is 19.1 Å². The fraction of sp³-hybridized carbons (Fsp3) is 0.462. The molecule has 0 aliphatic heterocycles. The molecule has 0 unspecified atom stereocenters. The zero-order valence-corrected chi connectivity index (χ0v) is 12.7. The molecule has 0 saturated heterocycles. The number of rotatable bonds is 6. The first-order chi connectivity index (χ1) is 9.23. The Labute approximate surface area is 119 Å². The molecule has 0 atom stereocenters. The third-order valence-electron chi connectivity index (χ3n) is 2.63. The minimum atomic E-state index is -3.10. The maximum absolute atomic E-state index is 12.2. The fourth-order valence-electron chi connectivity index (χ4n) is 1.62. The maximum atomic E-state index is 12.2. The smallest absolute Gasteiger partial charge is 0.253 e. The first-order valence-electron chi connectivity index (χ1n) is 6.19. The highest BCUT2D eigenvalue weighted by molar-refractivity contribution is 7.90. The standard InChI is InChI=1S/C13H20N2O4S/c1-4-19-12-8-10(7-11(14)9-12)13(16)15(2)5-6-20(3,17)18/h7-9H,4-6,14H2,1-3H3. The largest absolute Gasteiger partial charge is 0.494 e. The van der Waals surface area contributed by atoms with Crippen molar-refractivity contribution < 1.29 is 17.9 Å². The van der Waals surface area contributed by atoms with Crippen LogP contribution in [0.2, 0.25) is 0 Å². The fourth-order valence-corrected chi connectivity index (χ4v) is 2.23. The van der Waals surface area contributed by atoms with Gasteiger partial charge in [0.05, 0.1) is 12.4 Å². The minimum absolute atomic E-state index is 0.0735. The van der Waals surface area contributed by atoms with Crippen molar-refractivity contribution in [2.45, 2.75) is 6.92 Å². The van der Waals surface area contributed by atoms with Gasteiger partial charge in [-0.15, -0.1) is 0 Å². The van der Waals surface area contributed by atoms with Crippen LogP contribution >= 0.6 is 0 Å². The number of sulfone groups is 1. The molecule has 0 aliphatic rings. The van der Waals surface area contributed by atoms with Gasteiger partial charge >= 0.3 is 0 Å². The van der Waals surface area contributed by atoms with Crippen molar-refractivity contribution in [2.75, 3.05) is 37.9 Å². The van der Waals surface area contributed by atoms with Gasteiger partial charge in [-0.2, -0.15) is 0 Å². The summed E-state index contributed by atoms with van der Waals surface area (Å²) in [7, 11) is -1.55. The average Bonchev–Trinajstić information content (AvgIpc) is 2.34. The number of nitrogens with two attached hydrogens (primary N) is 1. The summed E-state index contributed by atoms with van der Waals surface area (Å²) < 4.78 is 27.5. The normalized spacial score (nSPS) is 11.2. The first-order valence-corrected chi connectivity index (χ1v) is 8.25. The van der Waals surface area contributed by atoms with Gasteiger partial charge in [0.2, 0.25) is 0 Å². The summed E-state index contributed by atoms with van der Waals surface area (Å²) in [5.74, 6) is 0.157. The first kappa shape index (κ1) is 16.3. The Kier molecular flexibility index (Phi) is 5.38. The summed E-state index contributed by atoms with van der Waals surface area (Å²) in [6.45, 7) is 2.44. The Hall–Kier alpha value is -1.76. The van der Waals surface area contributed by atoms with Crippen LogP contribution in [-0.2, 0) is 9.84 Å². The van der Waals surface area contributed by atoms with Crippen LogP contribution in [0, 0.1) is 0 Å². The number of carbonyl (C=O) groups is 1. The summed E-state index contributed by atoms with van der Waals surface area (Å²) in [4.78, 5) is 13.5. The predicted molar refractivity (Wildman–Crippen MR) is 78.7 cm³/mol. The number of nitrogens with zero attached hydrogens (tertiary/aromatic N) is 1. The zero-order chi connectivity index (χ0) is 15.3. The van der Waals surface area contributed by atoms with Crippen LogP contribution in [0.4, 0.5) is 5.69 Å². The molecule has 2 N–H and O–H groups in total. The van der Waals surface area contributed by atoms with Crippen molar-refractivity contribution in [1.82, 2.24) is 4.90 Å². The monoisotopic (exact) mass is 300 g/mol. The van der Waals surface area contributed by atoms with Crippen LogP contribution in [-0.4, -0.2) is 51.4 Å². The highest BCUT2D eigenvalue weighted by atomic mass is 32.2. The Balaban J connectivity index is 2.85. The van der Waals surface area contributed by atoms with E-state index in [9.17, 15) is 13.2 Å². The number of anilines is 1. The molecule has 0 aromatic heterocycles. The lowest BCUT2D eigenvalue weighted by molar-refractivity contribution is 0.0803. The lowest BCUT2D eigenvalue weighted by Crippen LogP contribution is -2.31. The predicted octanol–water partition coefficient (Wildman–Crippen LogP) is 0.784. The Bertz CT molecular complexity index is 584. The quantitative estimate of drug-likeness (QED) is 0.784. The molecule has 1 aromatic rings. The Morgan fingerprint density at radius 2 is 2.00 bits per heavy atom. The molecule has 1 rings (SSSR count). The molecular formula is C13H20N2O4S. The van der Waals surface area contributed by atoms with Crippen LogP contribution in [0.3, 0.4) is 0 Å². The third kappa shape index (κ3) is 5.08. The van der Waals surface area contributed by atoms with Crippen molar-refractivity contribution in [1.29, 1.82) is 0 Å². The number of hydrogen-bond donors (Lipinski definition) is 1. The highest BCUT2D eigenvalue weighted by Gasteiger charge is 2.15. The maximum Gasteiger partial charge on any atom is 0.253 e. The van der Waals surface area contributed by atoms with E-state index in [2.05, 4.69) is 0 Å². The molecule has 1 aromatic carbocycles. The molecule has 0 saturated carbocycles. The number of benzene rings is 1. The molecule has 112 valence electrons. The van der Waals surface area contributed by atoms with Gasteiger partial charge in [0, 0.05) is 37.2 Å². The molecule has 0 bridgehead atoms. The number of ether oxygens (including phenoxy) is 1. The van der Waals surface area contributed by atoms with Crippen molar-refractivity contribution in [3.8, 4) is 5.75 Å². The van der Waals surface area contributed by atoms with Crippen molar-refractivity contribution in [2.24, 2.45) is 0 Å². The van der Waals surface area contributed by atoms with E-state index in [1.165, 1.54) is 4.90 Å². The van der Waals surface area contributed by atoms with Crippen molar-refractivity contribution in [3.63, 3.8) is 0 Å². The van der Waals surface area contributed by atoms with Crippen LogP contribution in [0.25, 0.3) is 0 Å². The molecular weight excluding hydrogens is 280 g/mol. The molecule has 6 nitrogen and oxygen atoms in total. The number of hydrogen-bond acceptors (Lipinski definition) is 5. The van der Waals surface area contributed by atoms with Gasteiger partial charge in [0.1, 0.15) is 15.6 Å². The van der Waals surface area contributed by atoms with Gasteiger partial charge < -0.3 is 15.4 Å². The second kappa shape index (κ2) is 6.60. The molecule has 0 fully saturated rings. The lowest BCUT2D eigenvalue weighted by Gasteiger charge is -2.17. The van der Waals surface area contributed by atoms with E-state index in [1.807, 2.05) is 6.92 Å². The van der Waals surface area contributed by atoms with E-state index in [0.717, 1.165) is 6.26 Å². The molecule has 20 heavy (non-hydrogen) atoms. The summed E-state index contributed by atoms with van der Waals surface area (Å²) in [6.07, 6.45) is 1.14. The molecule has 1 amide bonds. The Morgan fingerprint density at radius 3 is 2.55 bits per heavy atom. The summed E-state index contributed by atoms with van der Waals surface area (Å²) in [6, 6.07) is 4.78. The van der Waals surface area contributed by atoms with Crippen molar-refractivity contribution >= 4 is 21.4 Å². The number of amides is 1. The second-order valence-corrected chi connectivity index (χ2v) is 6.84. The number of nitrogen functional groups attached to an aromatic ring is 1. The third-order valence-corrected chi connectivity index (χ3v) is 3.56. The van der Waals surface area contributed by atoms with E-state index < -0.39 is 9.84 Å². The summed E-state index contributed by atoms with van der Waals surface area (Å²) in [5.41, 5.74) is 6.53. The van der Waals surface area contributed by atoms with Crippen LogP contribution in [0.15, 0.2) is 18.2 Å². The Morgan fingerprint density at radius 1 is 1.35 bits per heavy atom. The van der Waals surface area contributed by atoms with E-state index in [-0.39, 0.29) is 18.2 Å². The molecule has 7 heteroatoms. The highest BCUT2D eigenvalue weighted by Crippen LogP contribution is 2.20. The van der Waals surface area contributed by atoms with Crippen LogP contribution in [0.1, 0.15) is 17.3 Å². The zero-order valence-electron chi connectivity index (χ0n) is 11.9. The molecule has 0 radical (unpaired) electrons. The van der Waals surface area contributed by atoms with Crippen molar-refractivity contribution in [3.05, 3.63) is 23.8 Å². The van der Waals surface area contributed by atoms with Crippen LogP contribution in [0.5, 0.6) is 5.75 Å². The lowest BCUT2D eigenvalue weighted by atomic mass is 10.1. The van der Waals surface area contributed by atoms with Gasteiger partial charge in [-0.1, -0.05) is 0 Å². The molecule has 0 spiro atoms. The molecule has 0 aliphatic carbocycles. The van der Waals surface area contributed by atoms with E-state index in [4.69, 9.17) is 10.5 Å². The van der Waals surface area contributed by atoms with Gasteiger partial charge in [-0.3, -0.25) is 4.79 Å². The summed E-state index contributed by atoms with van der Waals surface area (Å²) >= 11 is 0. The number of carbonyl (C=O) groups excluding carboxylic acids is 1. The SMILES string of the molecule is CCOc1cc(N)cc(C(=O)N(C)CCS(C)(=O)=O)c1. The van der Waals surface area contributed by atoms with E-state index in [0.29, 0.717) is 23.6 Å². The van der Waals surface area contributed by atoms with Gasteiger partial charge in [0.25, 0.3) is 5.91 Å². The second-order valence-electron chi connectivity index (χ2n) is 4.58.